The largest absolute Gasteiger partial charge is 0.394 e. The van der Waals surface area contributed by atoms with Crippen LogP contribution < -0.4 is 4.72 Å². The molecule has 4 nitrogen and oxygen atoms in total. The van der Waals surface area contributed by atoms with Crippen LogP contribution >= 0.6 is 0 Å². The van der Waals surface area contributed by atoms with Gasteiger partial charge < -0.3 is 5.11 Å². The highest BCUT2D eigenvalue weighted by molar-refractivity contribution is 7.89. The maximum Gasteiger partial charge on any atom is 0.246 e. The van der Waals surface area contributed by atoms with E-state index in [9.17, 15) is 17.2 Å². The molecule has 18 heavy (non-hydrogen) atoms. The van der Waals surface area contributed by atoms with Gasteiger partial charge in [-0.15, -0.1) is 0 Å². The summed E-state index contributed by atoms with van der Waals surface area (Å²) in [5, 5.41) is 9.12. The van der Waals surface area contributed by atoms with Crippen LogP contribution in [0.15, 0.2) is 23.1 Å². The topological polar surface area (TPSA) is 66.4 Å². The Bertz CT molecular complexity index is 507. The number of sulfonamides is 1. The molecule has 0 spiro atoms. The number of benzene rings is 1. The molecule has 0 saturated heterocycles. The van der Waals surface area contributed by atoms with Gasteiger partial charge in [-0.3, -0.25) is 0 Å². The summed E-state index contributed by atoms with van der Waals surface area (Å²) < 4.78 is 52.7. The van der Waals surface area contributed by atoms with Crippen molar-refractivity contribution >= 4 is 10.0 Å². The number of rotatable bonds is 5. The van der Waals surface area contributed by atoms with Gasteiger partial charge in [0.1, 0.15) is 11.6 Å². The average Bonchev–Trinajstić information content (AvgIpc) is 2.27. The first-order chi connectivity index (χ1) is 8.25. The predicted molar refractivity (Wildman–Crippen MR) is 62.5 cm³/mol. The third-order valence-electron chi connectivity index (χ3n) is 2.70. The lowest BCUT2D eigenvalue weighted by atomic mass is 10.0. The zero-order valence-corrected chi connectivity index (χ0v) is 10.9. The van der Waals surface area contributed by atoms with Crippen LogP contribution in [0.2, 0.25) is 0 Å². The van der Waals surface area contributed by atoms with Gasteiger partial charge in [0.05, 0.1) is 12.1 Å². The molecule has 0 radical (unpaired) electrons. The van der Waals surface area contributed by atoms with Crippen LogP contribution in [0.3, 0.4) is 0 Å². The van der Waals surface area contributed by atoms with Crippen molar-refractivity contribution in [1.29, 1.82) is 0 Å². The molecule has 1 aromatic rings. The van der Waals surface area contributed by atoms with E-state index in [0.717, 1.165) is 18.2 Å². The molecule has 1 atom stereocenters. The molecule has 1 aromatic carbocycles. The van der Waals surface area contributed by atoms with Crippen molar-refractivity contribution in [3.63, 3.8) is 0 Å². The van der Waals surface area contributed by atoms with Gasteiger partial charge in [0.2, 0.25) is 10.0 Å². The Hall–Kier alpha value is -1.05. The van der Waals surface area contributed by atoms with E-state index >= 15 is 0 Å². The first-order valence-electron chi connectivity index (χ1n) is 5.34. The van der Waals surface area contributed by atoms with Gasteiger partial charge in [0, 0.05) is 0 Å². The molecule has 2 N–H and O–H groups in total. The van der Waals surface area contributed by atoms with Crippen LogP contribution in [-0.4, -0.2) is 25.7 Å². The molecule has 7 heteroatoms. The van der Waals surface area contributed by atoms with Gasteiger partial charge in [-0.1, -0.05) is 13.0 Å². The molecule has 0 aliphatic rings. The minimum atomic E-state index is -4.36. The predicted octanol–water partition coefficient (Wildman–Crippen LogP) is 1.40. The molecule has 0 fully saturated rings. The molecule has 0 heterocycles. The molecule has 0 bridgehead atoms. The Kier molecular flexibility index (Phi) is 4.41. The fourth-order valence-electron chi connectivity index (χ4n) is 1.33. The molecule has 102 valence electrons. The summed E-state index contributed by atoms with van der Waals surface area (Å²) in [5.41, 5.74) is -1.16. The van der Waals surface area contributed by atoms with E-state index < -0.39 is 38.7 Å². The fourth-order valence-corrected chi connectivity index (χ4v) is 2.94. The molecule has 0 aromatic heterocycles. The summed E-state index contributed by atoms with van der Waals surface area (Å²) in [7, 11) is -4.36. The third kappa shape index (κ3) is 3.04. The summed E-state index contributed by atoms with van der Waals surface area (Å²) in [6, 6.07) is 2.80. The van der Waals surface area contributed by atoms with E-state index in [1.54, 1.807) is 6.92 Å². The molecular weight excluding hydrogens is 264 g/mol. The number of aliphatic hydroxyl groups excluding tert-OH is 1. The van der Waals surface area contributed by atoms with Crippen LogP contribution in [0.5, 0.6) is 0 Å². The van der Waals surface area contributed by atoms with Crippen LogP contribution in [-0.2, 0) is 10.0 Å². The second-order valence-corrected chi connectivity index (χ2v) is 5.85. The van der Waals surface area contributed by atoms with Crippen molar-refractivity contribution in [3.8, 4) is 0 Å². The Labute approximate surface area is 105 Å². The van der Waals surface area contributed by atoms with Crippen molar-refractivity contribution in [2.75, 3.05) is 6.61 Å². The zero-order chi connectivity index (χ0) is 14.0. The quantitative estimate of drug-likeness (QED) is 0.856. The van der Waals surface area contributed by atoms with Gasteiger partial charge in [-0.05, 0) is 25.5 Å². The lowest BCUT2D eigenvalue weighted by Gasteiger charge is -2.26. The lowest BCUT2D eigenvalue weighted by molar-refractivity contribution is 0.191. The highest BCUT2D eigenvalue weighted by Crippen LogP contribution is 2.21. The number of halogens is 2. The van der Waals surface area contributed by atoms with E-state index in [0.29, 0.717) is 0 Å². The third-order valence-corrected chi connectivity index (χ3v) is 4.39. The summed E-state index contributed by atoms with van der Waals surface area (Å²) in [6.07, 6.45) is 0.277. The van der Waals surface area contributed by atoms with E-state index in [1.807, 2.05) is 0 Å². The Morgan fingerprint density at radius 3 is 2.22 bits per heavy atom. The smallest absolute Gasteiger partial charge is 0.246 e. The van der Waals surface area contributed by atoms with Gasteiger partial charge >= 0.3 is 0 Å². The van der Waals surface area contributed by atoms with E-state index in [4.69, 9.17) is 5.11 Å². The fraction of sp³-hybridized carbons (Fsp3) is 0.455. The summed E-state index contributed by atoms with van der Waals surface area (Å²) in [6.45, 7) is 2.62. The van der Waals surface area contributed by atoms with Crippen LogP contribution in [0, 0.1) is 11.6 Å². The summed E-state index contributed by atoms with van der Waals surface area (Å²) >= 11 is 0. The monoisotopic (exact) mass is 279 g/mol. The Balaban J connectivity index is 3.23. The number of hydrogen-bond donors (Lipinski definition) is 2. The maximum atomic E-state index is 13.4. The average molecular weight is 279 g/mol. The molecule has 0 aliphatic heterocycles. The molecule has 0 aliphatic carbocycles. The number of aliphatic hydroxyl groups is 1. The first kappa shape index (κ1) is 15.0. The first-order valence-corrected chi connectivity index (χ1v) is 6.83. The molecule has 0 amide bonds. The number of hydrogen-bond acceptors (Lipinski definition) is 3. The van der Waals surface area contributed by atoms with Crippen molar-refractivity contribution in [2.45, 2.75) is 30.7 Å². The van der Waals surface area contributed by atoms with Crippen molar-refractivity contribution in [2.24, 2.45) is 0 Å². The second-order valence-electron chi connectivity index (χ2n) is 4.23. The molecule has 0 saturated carbocycles. The summed E-state index contributed by atoms with van der Waals surface area (Å²) in [5.74, 6) is -2.34. The van der Waals surface area contributed by atoms with Crippen molar-refractivity contribution in [1.82, 2.24) is 4.72 Å². The SMILES string of the molecule is CCC(C)(CO)NS(=O)(=O)c1c(F)cccc1F. The highest BCUT2D eigenvalue weighted by atomic mass is 32.2. The summed E-state index contributed by atoms with van der Waals surface area (Å²) in [4.78, 5) is -1.03. The van der Waals surface area contributed by atoms with Gasteiger partial charge in [-0.25, -0.2) is 21.9 Å². The second kappa shape index (κ2) is 5.29. The normalized spacial score (nSPS) is 15.4. The van der Waals surface area contributed by atoms with Crippen molar-refractivity contribution < 1.29 is 22.3 Å². The molecule has 1 unspecified atom stereocenters. The van der Waals surface area contributed by atoms with Gasteiger partial charge in [0.15, 0.2) is 4.90 Å². The van der Waals surface area contributed by atoms with Crippen LogP contribution in [0.1, 0.15) is 20.3 Å². The Morgan fingerprint density at radius 1 is 1.33 bits per heavy atom. The van der Waals surface area contributed by atoms with Gasteiger partial charge in [0.25, 0.3) is 0 Å². The minimum absolute atomic E-state index is 0.277. The zero-order valence-electron chi connectivity index (χ0n) is 10.1. The number of nitrogens with one attached hydrogen (secondary N) is 1. The standard InChI is InChI=1S/C11H15F2NO3S/c1-3-11(2,7-15)14-18(16,17)10-8(12)5-4-6-9(10)13/h4-6,14-15H,3,7H2,1-2H3. The Morgan fingerprint density at radius 2 is 1.83 bits per heavy atom. The van der Waals surface area contributed by atoms with Gasteiger partial charge in [-0.2, -0.15) is 0 Å². The van der Waals surface area contributed by atoms with E-state index in [1.165, 1.54) is 6.92 Å². The van der Waals surface area contributed by atoms with Crippen LogP contribution in [0.25, 0.3) is 0 Å². The molecular formula is C11H15F2NO3S. The lowest BCUT2D eigenvalue weighted by Crippen LogP contribution is -2.48. The van der Waals surface area contributed by atoms with E-state index in [2.05, 4.69) is 4.72 Å². The minimum Gasteiger partial charge on any atom is -0.394 e. The van der Waals surface area contributed by atoms with Crippen LogP contribution in [0.4, 0.5) is 8.78 Å². The molecule has 1 rings (SSSR count). The van der Waals surface area contributed by atoms with Crippen molar-refractivity contribution in [3.05, 3.63) is 29.8 Å². The highest BCUT2D eigenvalue weighted by Gasteiger charge is 2.32. The van der Waals surface area contributed by atoms with E-state index in [-0.39, 0.29) is 6.42 Å². The maximum absolute atomic E-state index is 13.4.